The summed E-state index contributed by atoms with van der Waals surface area (Å²) in [6.07, 6.45) is 6.85. The van der Waals surface area contributed by atoms with E-state index in [4.69, 9.17) is 11.6 Å². The quantitative estimate of drug-likeness (QED) is 0.601. The van der Waals surface area contributed by atoms with Crippen molar-refractivity contribution in [3.05, 3.63) is 50.9 Å². The molecule has 0 radical (unpaired) electrons. The molecule has 0 saturated heterocycles. The third kappa shape index (κ3) is 4.45. The molecule has 1 aliphatic carbocycles. The summed E-state index contributed by atoms with van der Waals surface area (Å²) in [6, 6.07) is 4.57. The number of rotatable bonds is 3. The number of carbonyl (C=O) groups is 1. The summed E-state index contributed by atoms with van der Waals surface area (Å²) in [5.74, 6) is 0.0182. The van der Waals surface area contributed by atoms with Crippen LogP contribution in [0.3, 0.4) is 0 Å². The van der Waals surface area contributed by atoms with Crippen LogP contribution in [0, 0.1) is 0 Å². The number of carbonyl (C=O) groups excluding carboxylic acids is 1. The van der Waals surface area contributed by atoms with Crippen molar-refractivity contribution in [2.45, 2.75) is 6.42 Å². The van der Waals surface area contributed by atoms with Crippen LogP contribution in [0.1, 0.15) is 16.8 Å². The minimum atomic E-state index is -0.851. The van der Waals surface area contributed by atoms with Gasteiger partial charge in [0.15, 0.2) is 0 Å². The molecule has 94 valence electrons. The van der Waals surface area contributed by atoms with E-state index < -0.39 is 19.2 Å². The molecule has 0 atom stereocenters. The maximum absolute atomic E-state index is 11.9. The predicted octanol–water partition coefficient (Wildman–Crippen LogP) is -2.88. The van der Waals surface area contributed by atoms with Crippen LogP contribution in [0.2, 0.25) is 5.02 Å². The van der Waals surface area contributed by atoms with Crippen LogP contribution in [-0.2, 0) is 19.2 Å². The second-order valence-corrected chi connectivity index (χ2v) is 5.98. The Kier molecular flexibility index (Phi) is 7.92. The van der Waals surface area contributed by atoms with Gasteiger partial charge in [0, 0.05) is 0 Å². The van der Waals surface area contributed by atoms with Crippen molar-refractivity contribution >= 4 is 15.7 Å². The average Bonchev–Trinajstić information content (AvgIpc) is 2.74. The van der Waals surface area contributed by atoms with Gasteiger partial charge in [-0.15, -0.1) is 0 Å². The summed E-state index contributed by atoms with van der Waals surface area (Å²) in [4.78, 5) is 11.9. The fourth-order valence-corrected chi connectivity index (χ4v) is 3.22. The molecule has 18 heavy (non-hydrogen) atoms. The molecule has 0 saturated carbocycles. The number of hydrogen-bond acceptors (Lipinski definition) is 2. The van der Waals surface area contributed by atoms with E-state index in [1.54, 1.807) is 6.07 Å². The first-order valence-corrected chi connectivity index (χ1v) is 6.76. The molecule has 0 fully saturated rings. The first-order valence-electron chi connectivity index (χ1n) is 4.82. The smallest absolute Gasteiger partial charge is 1.00 e. The topological polar surface area (TPSA) is 37.3 Å². The number of allylic oxidation sites excluding steroid dienone is 4. The molecule has 0 spiro atoms. The van der Waals surface area contributed by atoms with E-state index in [2.05, 4.69) is 0 Å². The molecule has 1 N–H and O–H groups in total. The standard InChI is InChI=1S/C7H4ClO2.C5H5.2ClH.Ti/c8-6-1-2-7(10)5(3-6)4-9;1-2-4-5-3-1;;;/h1-3,10H;1-3H,4H2;2*1H;/q;;;;+2/p-2. The van der Waals surface area contributed by atoms with E-state index >= 15 is 0 Å². The third-order valence-electron chi connectivity index (χ3n) is 2.25. The van der Waals surface area contributed by atoms with Crippen LogP contribution in [0.4, 0.5) is 0 Å². The SMILES string of the molecule is O=[C]([Ti+2][C]1=CC=CC1)c1cc(Cl)ccc1O.[Cl-].[Cl-]. The van der Waals surface area contributed by atoms with Crippen molar-refractivity contribution in [1.29, 1.82) is 0 Å². The number of benzene rings is 1. The monoisotopic (exact) mass is 338 g/mol. The van der Waals surface area contributed by atoms with Gasteiger partial charge in [-0.05, 0) is 0 Å². The molecule has 1 aromatic carbocycles. The second-order valence-electron chi connectivity index (χ2n) is 3.44. The first kappa shape index (κ1) is 17.8. The maximum atomic E-state index is 11.9. The van der Waals surface area contributed by atoms with E-state index in [1.165, 1.54) is 16.0 Å². The molecule has 2 rings (SSSR count). The van der Waals surface area contributed by atoms with Gasteiger partial charge in [-0.3, -0.25) is 0 Å². The second kappa shape index (κ2) is 8.03. The Bertz CT molecular complexity index is 498. The molecule has 0 bridgehead atoms. The van der Waals surface area contributed by atoms with Crippen molar-refractivity contribution < 1.29 is 53.9 Å². The molecule has 1 aliphatic rings. The van der Waals surface area contributed by atoms with Crippen LogP contribution in [-0.4, -0.2) is 9.19 Å². The van der Waals surface area contributed by atoms with Gasteiger partial charge in [0.25, 0.3) is 0 Å². The zero-order valence-electron chi connectivity index (χ0n) is 9.16. The Hall–Kier alpha value is -0.246. The van der Waals surface area contributed by atoms with Crippen molar-refractivity contribution in [2.75, 3.05) is 0 Å². The summed E-state index contributed by atoms with van der Waals surface area (Å²) in [5, 5.41) is 10.1. The molecular formula is C12H9Cl3O2Ti. The molecular weight excluding hydrogens is 330 g/mol. The normalized spacial score (nSPS) is 11.9. The number of aromatic hydroxyl groups is 1. The first-order chi connectivity index (χ1) is 7.66. The average molecular weight is 339 g/mol. The summed E-state index contributed by atoms with van der Waals surface area (Å²) in [7, 11) is 0. The Morgan fingerprint density at radius 1 is 1.33 bits per heavy atom. The van der Waals surface area contributed by atoms with Gasteiger partial charge < -0.3 is 24.8 Å². The molecule has 0 unspecified atom stereocenters. The van der Waals surface area contributed by atoms with Gasteiger partial charge in [0.05, 0.1) is 0 Å². The van der Waals surface area contributed by atoms with Gasteiger partial charge in [0.2, 0.25) is 0 Å². The number of halogens is 3. The van der Waals surface area contributed by atoms with Gasteiger partial charge in [-0.25, -0.2) is 0 Å². The number of phenolic OH excluding ortho intramolecular Hbond substituents is 1. The zero-order valence-corrected chi connectivity index (χ0v) is 13.0. The Morgan fingerprint density at radius 2 is 2.06 bits per heavy atom. The minimum absolute atomic E-state index is 0. The molecule has 2 nitrogen and oxygen atoms in total. The van der Waals surface area contributed by atoms with E-state index in [0.29, 0.717) is 10.6 Å². The largest absolute Gasteiger partial charge is 1.00 e. The molecule has 6 heteroatoms. The molecule has 0 aliphatic heterocycles. The van der Waals surface area contributed by atoms with E-state index in [0.717, 1.165) is 6.42 Å². The maximum Gasteiger partial charge on any atom is -1.00 e. The molecule has 0 aromatic heterocycles. The fourth-order valence-electron chi connectivity index (χ4n) is 1.44. The van der Waals surface area contributed by atoms with Gasteiger partial charge in [-0.1, -0.05) is 0 Å². The number of hydrogen-bond donors (Lipinski definition) is 1. The minimum Gasteiger partial charge on any atom is -1.00 e. The van der Waals surface area contributed by atoms with Gasteiger partial charge in [-0.2, -0.15) is 0 Å². The van der Waals surface area contributed by atoms with Crippen LogP contribution < -0.4 is 24.8 Å². The van der Waals surface area contributed by atoms with Crippen LogP contribution in [0.15, 0.2) is 40.3 Å². The van der Waals surface area contributed by atoms with Crippen molar-refractivity contribution in [1.82, 2.24) is 0 Å². The summed E-state index contributed by atoms with van der Waals surface area (Å²) in [5.41, 5.74) is 0.348. The van der Waals surface area contributed by atoms with Gasteiger partial charge in [0.1, 0.15) is 0 Å². The third-order valence-corrected chi connectivity index (χ3v) is 4.34. The summed E-state index contributed by atoms with van der Waals surface area (Å²) in [6.45, 7) is 0. The Morgan fingerprint density at radius 3 is 2.67 bits per heavy atom. The Balaban J connectivity index is 0.00000144. The molecule has 0 heterocycles. The summed E-state index contributed by atoms with van der Waals surface area (Å²) < 4.78 is 1.21. The van der Waals surface area contributed by atoms with Crippen molar-refractivity contribution in [3.8, 4) is 5.75 Å². The van der Waals surface area contributed by atoms with Crippen LogP contribution in [0.5, 0.6) is 5.75 Å². The zero-order chi connectivity index (χ0) is 11.5. The molecule has 0 amide bonds. The Labute approximate surface area is 132 Å². The summed E-state index contributed by atoms with van der Waals surface area (Å²) >= 11 is 4.95. The van der Waals surface area contributed by atoms with E-state index in [1.807, 2.05) is 18.2 Å². The van der Waals surface area contributed by atoms with Crippen LogP contribution in [0.25, 0.3) is 0 Å². The molecule has 1 aromatic rings. The van der Waals surface area contributed by atoms with Crippen LogP contribution >= 0.6 is 11.6 Å². The van der Waals surface area contributed by atoms with E-state index in [-0.39, 0.29) is 34.7 Å². The van der Waals surface area contributed by atoms with Gasteiger partial charge >= 0.3 is 108 Å². The number of phenols is 1. The fraction of sp³-hybridized carbons (Fsp3) is 0.0833. The van der Waals surface area contributed by atoms with Crippen molar-refractivity contribution in [2.24, 2.45) is 0 Å². The predicted molar refractivity (Wildman–Crippen MR) is 59.3 cm³/mol. The van der Waals surface area contributed by atoms with E-state index in [9.17, 15) is 9.90 Å². The van der Waals surface area contributed by atoms with Crippen molar-refractivity contribution in [3.63, 3.8) is 0 Å².